The minimum Gasteiger partial charge on any atom is -0.361 e. The van der Waals surface area contributed by atoms with E-state index in [4.69, 9.17) is 4.74 Å². The molecular weight excluding hydrogens is 398 g/mol. The fourth-order valence-corrected chi connectivity index (χ4v) is 4.36. The van der Waals surface area contributed by atoms with Crippen molar-refractivity contribution in [3.05, 3.63) is 32.2 Å². The summed E-state index contributed by atoms with van der Waals surface area (Å²) in [4.78, 5) is 0. The second-order valence-corrected chi connectivity index (χ2v) is 8.11. The highest BCUT2D eigenvalue weighted by atomic mass is 79.9. The van der Waals surface area contributed by atoms with Gasteiger partial charge in [0, 0.05) is 20.0 Å². The first-order chi connectivity index (χ1) is 9.69. The molecule has 1 aliphatic heterocycles. The molecular formula is C16H23Br2NO2. The fraction of sp³-hybridized carbons (Fsp3) is 0.625. The lowest BCUT2D eigenvalue weighted by Crippen LogP contribution is -2.63. The average Bonchev–Trinajstić information content (AvgIpc) is 2.38. The third kappa shape index (κ3) is 3.53. The van der Waals surface area contributed by atoms with Crippen molar-refractivity contribution in [2.24, 2.45) is 0 Å². The van der Waals surface area contributed by atoms with Gasteiger partial charge < -0.3 is 15.2 Å². The maximum Gasteiger partial charge on any atom is 0.208 e. The molecule has 0 radical (unpaired) electrons. The zero-order chi connectivity index (χ0) is 15.8. The van der Waals surface area contributed by atoms with E-state index >= 15 is 0 Å². The molecule has 2 unspecified atom stereocenters. The van der Waals surface area contributed by atoms with Crippen molar-refractivity contribution >= 4 is 31.9 Å². The Kier molecular flexibility index (Phi) is 5.21. The van der Waals surface area contributed by atoms with Crippen molar-refractivity contribution < 1.29 is 9.84 Å². The Morgan fingerprint density at radius 2 is 1.90 bits per heavy atom. The number of hydrogen-bond acceptors (Lipinski definition) is 3. The topological polar surface area (TPSA) is 41.5 Å². The van der Waals surface area contributed by atoms with Crippen molar-refractivity contribution in [1.82, 2.24) is 5.32 Å². The van der Waals surface area contributed by atoms with Crippen molar-refractivity contribution in [1.29, 1.82) is 0 Å². The molecule has 1 saturated heterocycles. The molecule has 0 spiro atoms. The van der Waals surface area contributed by atoms with Crippen LogP contribution in [0.4, 0.5) is 0 Å². The smallest absolute Gasteiger partial charge is 0.208 e. The molecule has 0 amide bonds. The Bertz CT molecular complexity index is 510. The van der Waals surface area contributed by atoms with E-state index in [9.17, 15) is 5.11 Å². The zero-order valence-corrected chi connectivity index (χ0v) is 16.1. The Hall–Kier alpha value is 0.0600. The molecule has 1 aromatic carbocycles. The zero-order valence-electron chi connectivity index (χ0n) is 13.0. The first-order valence-corrected chi connectivity index (χ1v) is 8.90. The van der Waals surface area contributed by atoms with Gasteiger partial charge in [-0.15, -0.1) is 0 Å². The van der Waals surface area contributed by atoms with E-state index in [1.807, 2.05) is 19.1 Å². The molecule has 118 valence electrons. The molecule has 2 atom stereocenters. The molecule has 0 bridgehead atoms. The quantitative estimate of drug-likeness (QED) is 0.773. The summed E-state index contributed by atoms with van der Waals surface area (Å²) in [6.07, 6.45) is 2.06. The van der Waals surface area contributed by atoms with Crippen LogP contribution in [0, 0.1) is 0 Å². The van der Waals surface area contributed by atoms with Crippen LogP contribution in [0.25, 0.3) is 0 Å². The van der Waals surface area contributed by atoms with E-state index < -0.39 is 5.79 Å². The monoisotopic (exact) mass is 419 g/mol. The molecule has 2 rings (SSSR count). The SMILES string of the molecule is CCCc1c(Br)cc(C2(O)OCC(C)(C)NC2C)cc1Br. The van der Waals surface area contributed by atoms with Crippen LogP contribution in [0.2, 0.25) is 0 Å². The number of rotatable bonds is 3. The lowest BCUT2D eigenvalue weighted by atomic mass is 9.92. The fourth-order valence-electron chi connectivity index (χ4n) is 2.77. The maximum atomic E-state index is 11.0. The maximum absolute atomic E-state index is 11.0. The van der Waals surface area contributed by atoms with Crippen LogP contribution < -0.4 is 5.32 Å². The minimum atomic E-state index is -1.31. The van der Waals surface area contributed by atoms with Crippen LogP contribution >= 0.6 is 31.9 Å². The lowest BCUT2D eigenvalue weighted by Gasteiger charge is -2.46. The molecule has 3 nitrogen and oxygen atoms in total. The largest absolute Gasteiger partial charge is 0.361 e. The second kappa shape index (κ2) is 6.28. The van der Waals surface area contributed by atoms with E-state index in [0.29, 0.717) is 6.61 Å². The number of halogens is 2. The second-order valence-electron chi connectivity index (χ2n) is 6.40. The van der Waals surface area contributed by atoms with Crippen LogP contribution in [-0.2, 0) is 16.9 Å². The van der Waals surface area contributed by atoms with Crippen molar-refractivity contribution in [2.75, 3.05) is 6.61 Å². The standard InChI is InChI=1S/C16H23Br2NO2/c1-5-6-12-13(17)7-11(8-14(12)18)16(20)10(2)19-15(3,4)9-21-16/h7-8,10,19-20H,5-6,9H2,1-4H3. The van der Waals surface area contributed by atoms with Gasteiger partial charge in [-0.3, -0.25) is 0 Å². The van der Waals surface area contributed by atoms with Crippen molar-refractivity contribution in [3.63, 3.8) is 0 Å². The van der Waals surface area contributed by atoms with Gasteiger partial charge in [-0.1, -0.05) is 45.2 Å². The first-order valence-electron chi connectivity index (χ1n) is 7.32. The van der Waals surface area contributed by atoms with Crippen LogP contribution in [0.1, 0.15) is 45.2 Å². The third-order valence-electron chi connectivity index (χ3n) is 3.90. The summed E-state index contributed by atoms with van der Waals surface area (Å²) in [5.74, 6) is -1.31. The Morgan fingerprint density at radius 3 is 2.38 bits per heavy atom. The molecule has 1 fully saturated rings. The lowest BCUT2D eigenvalue weighted by molar-refractivity contribution is -0.263. The predicted octanol–water partition coefficient (Wildman–Crippen LogP) is 4.10. The van der Waals surface area contributed by atoms with Gasteiger partial charge in [-0.05, 0) is 44.9 Å². The summed E-state index contributed by atoms with van der Waals surface area (Å²) in [7, 11) is 0. The van der Waals surface area contributed by atoms with Gasteiger partial charge in [-0.25, -0.2) is 0 Å². The number of ether oxygens (including phenoxy) is 1. The van der Waals surface area contributed by atoms with Gasteiger partial charge in [0.05, 0.1) is 12.6 Å². The summed E-state index contributed by atoms with van der Waals surface area (Å²) in [5.41, 5.74) is 1.85. The molecule has 1 heterocycles. The molecule has 0 aromatic heterocycles. The number of morpholine rings is 1. The Labute approximate surface area is 143 Å². The van der Waals surface area contributed by atoms with Crippen LogP contribution in [-0.4, -0.2) is 23.3 Å². The highest BCUT2D eigenvalue weighted by molar-refractivity contribution is 9.11. The van der Waals surface area contributed by atoms with Gasteiger partial charge in [0.25, 0.3) is 0 Å². The average molecular weight is 421 g/mol. The molecule has 1 aromatic rings. The molecule has 21 heavy (non-hydrogen) atoms. The number of hydrogen-bond donors (Lipinski definition) is 2. The van der Waals surface area contributed by atoms with Gasteiger partial charge in [0.2, 0.25) is 5.79 Å². The molecule has 2 N–H and O–H groups in total. The highest BCUT2D eigenvalue weighted by Gasteiger charge is 2.45. The number of nitrogens with one attached hydrogen (secondary N) is 1. The van der Waals surface area contributed by atoms with Crippen LogP contribution in [0.15, 0.2) is 21.1 Å². The van der Waals surface area contributed by atoms with Crippen LogP contribution in [0.3, 0.4) is 0 Å². The predicted molar refractivity (Wildman–Crippen MR) is 92.4 cm³/mol. The van der Waals surface area contributed by atoms with E-state index in [2.05, 4.69) is 57.9 Å². The summed E-state index contributed by atoms with van der Waals surface area (Å²) in [6.45, 7) is 8.69. The van der Waals surface area contributed by atoms with Gasteiger partial charge in [-0.2, -0.15) is 0 Å². The number of aliphatic hydroxyl groups is 1. The van der Waals surface area contributed by atoms with Crippen LogP contribution in [0.5, 0.6) is 0 Å². The minimum absolute atomic E-state index is 0.137. The summed E-state index contributed by atoms with van der Waals surface area (Å²) in [6, 6.07) is 3.73. The summed E-state index contributed by atoms with van der Waals surface area (Å²) in [5, 5.41) is 14.4. The van der Waals surface area contributed by atoms with Crippen molar-refractivity contribution in [2.45, 2.75) is 57.9 Å². The van der Waals surface area contributed by atoms with Gasteiger partial charge in [0.1, 0.15) is 0 Å². The van der Waals surface area contributed by atoms with E-state index in [0.717, 1.165) is 27.4 Å². The molecule has 5 heteroatoms. The van der Waals surface area contributed by atoms with E-state index in [-0.39, 0.29) is 11.6 Å². The van der Waals surface area contributed by atoms with Gasteiger partial charge in [0.15, 0.2) is 0 Å². The molecule has 0 aliphatic carbocycles. The summed E-state index contributed by atoms with van der Waals surface area (Å²) >= 11 is 7.23. The summed E-state index contributed by atoms with van der Waals surface area (Å²) < 4.78 is 7.85. The van der Waals surface area contributed by atoms with E-state index in [1.54, 1.807) is 0 Å². The Morgan fingerprint density at radius 1 is 1.33 bits per heavy atom. The first kappa shape index (κ1) is 17.4. The Balaban J connectivity index is 2.38. The molecule has 1 aliphatic rings. The molecule has 0 saturated carbocycles. The number of benzene rings is 1. The highest BCUT2D eigenvalue weighted by Crippen LogP contribution is 2.37. The third-order valence-corrected chi connectivity index (χ3v) is 5.32. The van der Waals surface area contributed by atoms with Gasteiger partial charge >= 0.3 is 0 Å². The normalized spacial score (nSPS) is 28.6. The van der Waals surface area contributed by atoms with E-state index in [1.165, 1.54) is 5.56 Å². The van der Waals surface area contributed by atoms with Crippen molar-refractivity contribution in [3.8, 4) is 0 Å².